The zero-order chi connectivity index (χ0) is 14.2. The van der Waals surface area contributed by atoms with Crippen molar-refractivity contribution in [1.29, 1.82) is 0 Å². The summed E-state index contributed by atoms with van der Waals surface area (Å²) in [5, 5.41) is 27.0. The molecule has 2 aromatic carbocycles. The molecule has 21 heavy (non-hydrogen) atoms. The molecule has 0 aliphatic rings. The summed E-state index contributed by atoms with van der Waals surface area (Å²) in [5.74, 6) is 0.0163. The van der Waals surface area contributed by atoms with E-state index in [1.807, 2.05) is 42.5 Å². The number of fused-ring (bicyclic) bond motifs is 2. The maximum atomic E-state index is 9.93. The van der Waals surface area contributed by atoms with Crippen LogP contribution in [-0.4, -0.2) is 20.3 Å². The van der Waals surface area contributed by atoms with Gasteiger partial charge in [-0.15, -0.1) is 5.11 Å². The Morgan fingerprint density at radius 1 is 1.00 bits per heavy atom. The van der Waals surface area contributed by atoms with Gasteiger partial charge in [-0.05, 0) is 24.3 Å². The maximum absolute atomic E-state index is 9.93. The van der Waals surface area contributed by atoms with Crippen LogP contribution in [0.25, 0.3) is 21.8 Å². The molecule has 0 spiro atoms. The molecule has 0 aliphatic carbocycles. The molecule has 0 bridgehead atoms. The van der Waals surface area contributed by atoms with Crippen molar-refractivity contribution < 1.29 is 5.11 Å². The molecule has 0 amide bonds. The van der Waals surface area contributed by atoms with Crippen molar-refractivity contribution in [2.24, 2.45) is 10.2 Å². The summed E-state index contributed by atoms with van der Waals surface area (Å²) < 4.78 is 0. The van der Waals surface area contributed by atoms with E-state index in [9.17, 15) is 5.11 Å². The number of aromatic hydroxyl groups is 1. The van der Waals surface area contributed by atoms with Crippen molar-refractivity contribution in [2.45, 2.75) is 0 Å². The van der Waals surface area contributed by atoms with Crippen molar-refractivity contribution in [3.05, 3.63) is 48.7 Å². The quantitative estimate of drug-likeness (QED) is 0.480. The van der Waals surface area contributed by atoms with E-state index < -0.39 is 0 Å². The van der Waals surface area contributed by atoms with Crippen LogP contribution in [0.5, 0.6) is 5.88 Å². The topological polar surface area (TPSA) is 89.4 Å². The monoisotopic (exact) mass is 277 g/mol. The molecule has 2 heterocycles. The highest BCUT2D eigenvalue weighted by Gasteiger charge is 2.09. The van der Waals surface area contributed by atoms with Crippen LogP contribution in [0, 0.1) is 0 Å². The molecule has 0 saturated carbocycles. The first-order valence-corrected chi connectivity index (χ1v) is 6.46. The second-order valence-electron chi connectivity index (χ2n) is 4.71. The summed E-state index contributed by atoms with van der Waals surface area (Å²) in [6.45, 7) is 0. The Hall–Kier alpha value is -3.15. The lowest BCUT2D eigenvalue weighted by atomic mass is 10.2. The van der Waals surface area contributed by atoms with Gasteiger partial charge in [0, 0.05) is 10.8 Å². The molecule has 0 radical (unpaired) electrons. The van der Waals surface area contributed by atoms with Crippen LogP contribution >= 0.6 is 0 Å². The first kappa shape index (κ1) is 11.7. The molecule has 102 valence electrons. The predicted molar refractivity (Wildman–Crippen MR) is 80.2 cm³/mol. The second kappa shape index (κ2) is 4.45. The van der Waals surface area contributed by atoms with Crippen molar-refractivity contribution in [3.8, 4) is 5.88 Å². The average Bonchev–Trinajstić information content (AvgIpc) is 3.08. The van der Waals surface area contributed by atoms with Gasteiger partial charge in [-0.2, -0.15) is 10.2 Å². The molecule has 6 heteroatoms. The summed E-state index contributed by atoms with van der Waals surface area (Å²) in [7, 11) is 0. The van der Waals surface area contributed by atoms with Gasteiger partial charge in [0.1, 0.15) is 0 Å². The summed E-state index contributed by atoms with van der Waals surface area (Å²) >= 11 is 0. The van der Waals surface area contributed by atoms with Crippen LogP contribution in [-0.2, 0) is 0 Å². The van der Waals surface area contributed by atoms with Gasteiger partial charge < -0.3 is 10.1 Å². The highest BCUT2D eigenvalue weighted by atomic mass is 16.3. The number of para-hydroxylation sites is 1. The standard InChI is InChI=1S/C15H11N5O/c21-15-14(11-3-1-2-4-12(11)17-15)20-18-10-6-5-9-8-16-19-13(9)7-10/h1-8,17,21H,(H,16,19). The molecular formula is C15H11N5O. The molecule has 4 rings (SSSR count). The van der Waals surface area contributed by atoms with Crippen molar-refractivity contribution in [1.82, 2.24) is 15.2 Å². The van der Waals surface area contributed by atoms with Gasteiger partial charge >= 0.3 is 0 Å². The van der Waals surface area contributed by atoms with Crippen LogP contribution in [0.1, 0.15) is 0 Å². The Kier molecular flexibility index (Phi) is 2.47. The lowest BCUT2D eigenvalue weighted by molar-refractivity contribution is 0.459. The largest absolute Gasteiger partial charge is 0.493 e. The average molecular weight is 277 g/mol. The Labute approximate surface area is 119 Å². The summed E-state index contributed by atoms with van der Waals surface area (Å²) in [4.78, 5) is 2.87. The fraction of sp³-hybridized carbons (Fsp3) is 0. The van der Waals surface area contributed by atoms with E-state index in [4.69, 9.17) is 0 Å². The van der Waals surface area contributed by atoms with Gasteiger partial charge in [-0.1, -0.05) is 18.2 Å². The zero-order valence-corrected chi connectivity index (χ0v) is 10.9. The van der Waals surface area contributed by atoms with Crippen molar-refractivity contribution >= 4 is 33.2 Å². The highest BCUT2D eigenvalue weighted by molar-refractivity contribution is 5.94. The number of H-pyrrole nitrogens is 2. The van der Waals surface area contributed by atoms with E-state index in [-0.39, 0.29) is 5.88 Å². The second-order valence-corrected chi connectivity index (χ2v) is 4.71. The molecule has 0 saturated heterocycles. The van der Waals surface area contributed by atoms with Crippen LogP contribution in [0.2, 0.25) is 0 Å². The summed E-state index contributed by atoms with van der Waals surface area (Å²) in [5.41, 5.74) is 2.86. The zero-order valence-electron chi connectivity index (χ0n) is 10.9. The lowest BCUT2D eigenvalue weighted by Gasteiger charge is -1.94. The number of benzene rings is 2. The maximum Gasteiger partial charge on any atom is 0.218 e. The number of nitrogens with zero attached hydrogens (tertiary/aromatic N) is 3. The van der Waals surface area contributed by atoms with Gasteiger partial charge in [-0.25, -0.2) is 0 Å². The van der Waals surface area contributed by atoms with Crippen LogP contribution in [0.15, 0.2) is 58.9 Å². The van der Waals surface area contributed by atoms with Gasteiger partial charge in [0.25, 0.3) is 0 Å². The van der Waals surface area contributed by atoms with Gasteiger partial charge in [-0.3, -0.25) is 5.10 Å². The van der Waals surface area contributed by atoms with E-state index in [1.165, 1.54) is 0 Å². The number of aromatic amines is 2. The molecule has 2 aromatic heterocycles. The van der Waals surface area contributed by atoms with E-state index in [0.717, 1.165) is 21.8 Å². The molecule has 0 aliphatic heterocycles. The number of hydrogen-bond acceptors (Lipinski definition) is 4. The van der Waals surface area contributed by atoms with E-state index >= 15 is 0 Å². The fourth-order valence-corrected chi connectivity index (χ4v) is 2.31. The number of hydrogen-bond donors (Lipinski definition) is 3. The normalized spacial score (nSPS) is 11.8. The fourth-order valence-electron chi connectivity index (χ4n) is 2.31. The Morgan fingerprint density at radius 2 is 1.90 bits per heavy atom. The molecule has 0 unspecified atom stereocenters. The molecule has 3 N–H and O–H groups in total. The van der Waals surface area contributed by atoms with Crippen LogP contribution < -0.4 is 0 Å². The smallest absolute Gasteiger partial charge is 0.218 e. The number of nitrogens with one attached hydrogen (secondary N) is 2. The number of azo groups is 1. The molecule has 4 aromatic rings. The minimum absolute atomic E-state index is 0.0163. The predicted octanol–water partition coefficient (Wildman–Crippen LogP) is 4.17. The van der Waals surface area contributed by atoms with Crippen molar-refractivity contribution in [2.75, 3.05) is 0 Å². The molecule has 0 fully saturated rings. The van der Waals surface area contributed by atoms with Crippen molar-refractivity contribution in [3.63, 3.8) is 0 Å². The SMILES string of the molecule is Oc1[nH]c2ccccc2c1N=Nc1ccc2cn[nH]c2c1. The Bertz CT molecular complexity index is 966. The first-order valence-electron chi connectivity index (χ1n) is 6.46. The van der Waals surface area contributed by atoms with Gasteiger partial charge in [0.15, 0.2) is 5.69 Å². The van der Waals surface area contributed by atoms with Gasteiger partial charge in [0.05, 0.1) is 22.9 Å². The third-order valence-electron chi connectivity index (χ3n) is 3.35. The van der Waals surface area contributed by atoms with E-state index in [2.05, 4.69) is 25.4 Å². The lowest BCUT2D eigenvalue weighted by Crippen LogP contribution is -1.68. The van der Waals surface area contributed by atoms with Crippen LogP contribution in [0.4, 0.5) is 11.4 Å². The number of rotatable bonds is 2. The third kappa shape index (κ3) is 1.93. The molecule has 6 nitrogen and oxygen atoms in total. The number of aromatic nitrogens is 3. The Balaban J connectivity index is 1.77. The highest BCUT2D eigenvalue weighted by Crippen LogP contribution is 2.36. The van der Waals surface area contributed by atoms with E-state index in [1.54, 1.807) is 6.20 Å². The minimum atomic E-state index is 0.0163. The van der Waals surface area contributed by atoms with Crippen LogP contribution in [0.3, 0.4) is 0 Å². The first-order chi connectivity index (χ1) is 10.3. The Morgan fingerprint density at radius 3 is 2.86 bits per heavy atom. The summed E-state index contributed by atoms with van der Waals surface area (Å²) in [6.07, 6.45) is 1.75. The van der Waals surface area contributed by atoms with Gasteiger partial charge in [0.2, 0.25) is 5.88 Å². The van der Waals surface area contributed by atoms with E-state index in [0.29, 0.717) is 11.4 Å². The minimum Gasteiger partial charge on any atom is -0.493 e. The molecule has 0 atom stereocenters. The third-order valence-corrected chi connectivity index (χ3v) is 3.35. The summed E-state index contributed by atoms with van der Waals surface area (Å²) in [6, 6.07) is 13.2. The molecular weight excluding hydrogens is 266 g/mol.